The molecule has 0 fully saturated rings. The van der Waals surface area contributed by atoms with Gasteiger partial charge in [0.2, 0.25) is 0 Å². The molecule has 0 amide bonds. The number of hydrogen-bond acceptors (Lipinski definition) is 7. The lowest BCUT2D eigenvalue weighted by Crippen LogP contribution is -2.13. The summed E-state index contributed by atoms with van der Waals surface area (Å²) in [6.07, 6.45) is 3.49. The highest BCUT2D eigenvalue weighted by molar-refractivity contribution is 7.92. The average molecular weight is 467 g/mol. The van der Waals surface area contributed by atoms with Crippen molar-refractivity contribution in [3.8, 4) is 17.0 Å². The summed E-state index contributed by atoms with van der Waals surface area (Å²) in [5.74, 6) is 0.628. The molecule has 0 atom stereocenters. The van der Waals surface area contributed by atoms with Gasteiger partial charge in [0.1, 0.15) is 5.75 Å². The Morgan fingerprint density at radius 3 is 2.22 bits per heavy atom. The molecule has 2 heterocycles. The lowest BCUT2D eigenvalue weighted by atomic mass is 10.2. The van der Waals surface area contributed by atoms with E-state index in [-0.39, 0.29) is 11.0 Å². The Balaban J connectivity index is 1.41. The zero-order valence-electron chi connectivity index (χ0n) is 17.5. The highest BCUT2D eigenvalue weighted by Crippen LogP contribution is 2.27. The second kappa shape index (κ2) is 9.37. The predicted molar refractivity (Wildman–Crippen MR) is 128 cm³/mol. The first-order valence-corrected chi connectivity index (χ1v) is 12.3. The van der Waals surface area contributed by atoms with Crippen molar-refractivity contribution < 1.29 is 13.2 Å². The van der Waals surface area contributed by atoms with E-state index in [1.54, 1.807) is 48.8 Å². The second-order valence-corrected chi connectivity index (χ2v) is 9.76. The molecule has 0 saturated carbocycles. The molecule has 0 radical (unpaired) electrons. The third-order valence-corrected chi connectivity index (χ3v) is 6.53. The molecule has 0 bridgehead atoms. The number of sulfonamides is 1. The maximum Gasteiger partial charge on any atom is 0.261 e. The van der Waals surface area contributed by atoms with E-state index in [9.17, 15) is 8.42 Å². The van der Waals surface area contributed by atoms with Crippen LogP contribution in [-0.2, 0) is 10.0 Å². The van der Waals surface area contributed by atoms with Gasteiger partial charge >= 0.3 is 0 Å². The molecule has 0 aliphatic heterocycles. The van der Waals surface area contributed by atoms with Crippen LogP contribution in [0.2, 0.25) is 0 Å². The molecule has 0 aliphatic rings. The van der Waals surface area contributed by atoms with Crippen molar-refractivity contribution in [2.45, 2.75) is 24.8 Å². The average Bonchev–Trinajstić information content (AvgIpc) is 3.24. The van der Waals surface area contributed by atoms with Gasteiger partial charge in [0.25, 0.3) is 10.0 Å². The van der Waals surface area contributed by atoms with Gasteiger partial charge in [0.05, 0.1) is 16.7 Å². The number of thiazole rings is 1. The van der Waals surface area contributed by atoms with Gasteiger partial charge in [-0.2, -0.15) is 0 Å². The number of nitrogens with zero attached hydrogens (tertiary/aromatic N) is 2. The number of anilines is 3. The first-order valence-electron chi connectivity index (χ1n) is 9.91. The third kappa shape index (κ3) is 5.43. The Morgan fingerprint density at radius 1 is 0.906 bits per heavy atom. The number of pyridine rings is 1. The summed E-state index contributed by atoms with van der Waals surface area (Å²) in [5.41, 5.74) is 3.14. The maximum absolute atomic E-state index is 12.7. The van der Waals surface area contributed by atoms with Crippen molar-refractivity contribution in [2.75, 3.05) is 10.0 Å². The van der Waals surface area contributed by atoms with Gasteiger partial charge in [-0.25, -0.2) is 13.4 Å². The van der Waals surface area contributed by atoms with Gasteiger partial charge in [-0.05, 0) is 74.5 Å². The van der Waals surface area contributed by atoms with Gasteiger partial charge in [-0.1, -0.05) is 0 Å². The van der Waals surface area contributed by atoms with E-state index in [0.29, 0.717) is 11.4 Å². The molecule has 9 heteroatoms. The molecule has 4 aromatic rings. The van der Waals surface area contributed by atoms with E-state index in [1.807, 2.05) is 31.4 Å². The van der Waals surface area contributed by atoms with E-state index >= 15 is 0 Å². The summed E-state index contributed by atoms with van der Waals surface area (Å²) in [7, 11) is -3.70. The van der Waals surface area contributed by atoms with Crippen LogP contribution in [0.25, 0.3) is 11.3 Å². The highest BCUT2D eigenvalue weighted by atomic mass is 32.2. The molecule has 2 aromatic heterocycles. The van der Waals surface area contributed by atoms with Crippen molar-refractivity contribution in [3.05, 3.63) is 78.4 Å². The van der Waals surface area contributed by atoms with E-state index in [2.05, 4.69) is 20.0 Å². The zero-order chi connectivity index (χ0) is 22.6. The fourth-order valence-electron chi connectivity index (χ4n) is 2.92. The summed E-state index contributed by atoms with van der Waals surface area (Å²) in [5, 5.41) is 5.95. The van der Waals surface area contributed by atoms with Crippen LogP contribution in [0, 0.1) is 0 Å². The molecule has 0 aliphatic carbocycles. The molecule has 0 spiro atoms. The molecule has 4 rings (SSSR count). The van der Waals surface area contributed by atoms with E-state index in [1.165, 1.54) is 23.5 Å². The predicted octanol–water partition coefficient (Wildman–Crippen LogP) is 5.54. The number of benzene rings is 2. The Labute approximate surface area is 191 Å². The van der Waals surface area contributed by atoms with Crippen LogP contribution < -0.4 is 14.8 Å². The van der Waals surface area contributed by atoms with Gasteiger partial charge < -0.3 is 10.1 Å². The third-order valence-electron chi connectivity index (χ3n) is 4.37. The summed E-state index contributed by atoms with van der Waals surface area (Å²) < 4.78 is 33.5. The summed E-state index contributed by atoms with van der Waals surface area (Å²) in [6.45, 7) is 3.83. The van der Waals surface area contributed by atoms with Crippen molar-refractivity contribution in [1.29, 1.82) is 0 Å². The highest BCUT2D eigenvalue weighted by Gasteiger charge is 2.14. The zero-order valence-corrected chi connectivity index (χ0v) is 19.2. The van der Waals surface area contributed by atoms with Gasteiger partial charge in [0, 0.05) is 34.7 Å². The lowest BCUT2D eigenvalue weighted by Gasteiger charge is -2.12. The van der Waals surface area contributed by atoms with Crippen LogP contribution in [0.5, 0.6) is 5.75 Å². The van der Waals surface area contributed by atoms with Crippen LogP contribution >= 0.6 is 11.3 Å². The molecule has 2 aromatic carbocycles. The minimum atomic E-state index is -3.70. The smallest absolute Gasteiger partial charge is 0.261 e. The van der Waals surface area contributed by atoms with Crippen molar-refractivity contribution in [1.82, 2.24) is 9.97 Å². The number of rotatable bonds is 8. The second-order valence-electron chi connectivity index (χ2n) is 7.22. The Hall–Kier alpha value is -3.43. The van der Waals surface area contributed by atoms with Crippen LogP contribution in [0.4, 0.5) is 16.5 Å². The van der Waals surface area contributed by atoms with Crippen LogP contribution in [0.15, 0.2) is 83.3 Å². The van der Waals surface area contributed by atoms with Gasteiger partial charge in [-0.15, -0.1) is 11.3 Å². The Bertz CT molecular complexity index is 1270. The number of aromatic nitrogens is 2. The first-order chi connectivity index (χ1) is 15.4. The number of hydrogen-bond donors (Lipinski definition) is 2. The Kier molecular flexibility index (Phi) is 6.38. The molecule has 0 unspecified atom stereocenters. The molecule has 2 N–H and O–H groups in total. The van der Waals surface area contributed by atoms with Gasteiger partial charge in [0.15, 0.2) is 5.13 Å². The molecule has 164 valence electrons. The van der Waals surface area contributed by atoms with Crippen molar-refractivity contribution in [2.24, 2.45) is 0 Å². The fraction of sp³-hybridized carbons (Fsp3) is 0.130. The molecule has 0 saturated heterocycles. The normalized spacial score (nSPS) is 11.3. The standard InChI is InChI=1S/C23H22N4O3S2/c1-16(2)30-20-7-9-21(10-8-20)32(28,29)27-19-5-3-18(4-6-19)25-23-26-22(15-31-23)17-11-13-24-14-12-17/h3-16,27H,1-2H3,(H,25,26). The fourth-order valence-corrected chi connectivity index (χ4v) is 4.71. The van der Waals surface area contributed by atoms with E-state index < -0.39 is 10.0 Å². The van der Waals surface area contributed by atoms with E-state index in [0.717, 1.165) is 22.1 Å². The lowest BCUT2D eigenvalue weighted by molar-refractivity contribution is 0.242. The molecular weight excluding hydrogens is 444 g/mol. The number of ether oxygens (including phenoxy) is 1. The van der Waals surface area contributed by atoms with Crippen LogP contribution in [0.1, 0.15) is 13.8 Å². The summed E-state index contributed by atoms with van der Waals surface area (Å²) >= 11 is 1.49. The largest absolute Gasteiger partial charge is 0.491 e. The van der Waals surface area contributed by atoms with Crippen molar-refractivity contribution in [3.63, 3.8) is 0 Å². The maximum atomic E-state index is 12.7. The van der Waals surface area contributed by atoms with Crippen LogP contribution in [-0.4, -0.2) is 24.5 Å². The first kappa shape index (κ1) is 21.8. The molecule has 32 heavy (non-hydrogen) atoms. The van der Waals surface area contributed by atoms with E-state index in [4.69, 9.17) is 4.74 Å². The summed E-state index contributed by atoms with van der Waals surface area (Å²) in [6, 6.07) is 17.2. The molecule has 7 nitrogen and oxygen atoms in total. The monoisotopic (exact) mass is 466 g/mol. The topological polar surface area (TPSA) is 93.2 Å². The van der Waals surface area contributed by atoms with Gasteiger partial charge in [-0.3, -0.25) is 9.71 Å². The Morgan fingerprint density at radius 2 is 1.56 bits per heavy atom. The SMILES string of the molecule is CC(C)Oc1ccc(S(=O)(=O)Nc2ccc(Nc3nc(-c4ccncc4)cs3)cc2)cc1. The van der Waals surface area contributed by atoms with Crippen molar-refractivity contribution >= 4 is 37.9 Å². The molecular formula is C23H22N4O3S2. The quantitative estimate of drug-likeness (QED) is 0.354. The minimum Gasteiger partial charge on any atom is -0.491 e. The summed E-state index contributed by atoms with van der Waals surface area (Å²) in [4.78, 5) is 8.77. The van der Waals surface area contributed by atoms with Crippen LogP contribution in [0.3, 0.4) is 0 Å². The number of nitrogens with one attached hydrogen (secondary N) is 2. The minimum absolute atomic E-state index is 0.0225.